The summed E-state index contributed by atoms with van der Waals surface area (Å²) in [5.41, 5.74) is 2.20. The van der Waals surface area contributed by atoms with Gasteiger partial charge in [0, 0.05) is 10.0 Å². The fraction of sp³-hybridized carbons (Fsp3) is 0.130. The highest BCUT2D eigenvalue weighted by Crippen LogP contribution is 2.30. The molecule has 0 aliphatic carbocycles. The third-order valence-electron chi connectivity index (χ3n) is 4.35. The van der Waals surface area contributed by atoms with Crippen molar-refractivity contribution in [3.8, 4) is 5.75 Å². The Morgan fingerprint density at radius 2 is 1.66 bits per heavy atom. The number of hydrogen-bond acceptors (Lipinski definition) is 4. The summed E-state index contributed by atoms with van der Waals surface area (Å²) in [7, 11) is 0. The van der Waals surface area contributed by atoms with Gasteiger partial charge in [-0.15, -0.1) is 0 Å². The number of nitrogens with zero attached hydrogens (tertiary/aromatic N) is 1. The van der Waals surface area contributed by atoms with E-state index in [1.54, 1.807) is 48.5 Å². The van der Waals surface area contributed by atoms with E-state index in [1.807, 2.05) is 37.3 Å². The smallest absolute Gasteiger partial charge is 0.281 e. The molecule has 0 aliphatic heterocycles. The number of benzene rings is 3. The molecule has 0 aliphatic rings. The average Bonchev–Trinajstić information content (AvgIpc) is 2.76. The molecule has 3 rings (SSSR count). The van der Waals surface area contributed by atoms with Crippen LogP contribution in [0, 0.1) is 0 Å². The summed E-state index contributed by atoms with van der Waals surface area (Å²) in [4.78, 5) is 13.0. The van der Waals surface area contributed by atoms with Crippen molar-refractivity contribution in [2.24, 2.45) is 5.10 Å². The van der Waals surface area contributed by atoms with Crippen molar-refractivity contribution >= 4 is 28.1 Å². The van der Waals surface area contributed by atoms with E-state index in [1.165, 1.54) is 6.21 Å². The largest absolute Gasteiger partial charge is 0.493 e. The van der Waals surface area contributed by atoms with Crippen LogP contribution in [0.15, 0.2) is 88.4 Å². The molecule has 0 atom stereocenters. The fourth-order valence-electron chi connectivity index (χ4n) is 2.94. The van der Waals surface area contributed by atoms with E-state index in [0.717, 1.165) is 4.47 Å². The Labute approximate surface area is 178 Å². The number of ether oxygens (including phenoxy) is 1. The van der Waals surface area contributed by atoms with E-state index >= 15 is 0 Å². The van der Waals surface area contributed by atoms with Crippen LogP contribution in [0.5, 0.6) is 5.75 Å². The molecule has 0 heterocycles. The second-order valence-corrected chi connectivity index (χ2v) is 7.17. The van der Waals surface area contributed by atoms with E-state index in [-0.39, 0.29) is 0 Å². The lowest BCUT2D eigenvalue weighted by Gasteiger charge is -2.27. The van der Waals surface area contributed by atoms with Gasteiger partial charge in [-0.2, -0.15) is 5.10 Å². The summed E-state index contributed by atoms with van der Waals surface area (Å²) in [5.74, 6) is -0.00538. The summed E-state index contributed by atoms with van der Waals surface area (Å²) in [6.45, 7) is 2.40. The number of aliphatic hydroxyl groups is 1. The summed E-state index contributed by atoms with van der Waals surface area (Å²) < 4.78 is 6.44. The number of amides is 1. The molecule has 2 N–H and O–H groups in total. The Morgan fingerprint density at radius 1 is 1.07 bits per heavy atom. The SMILES string of the molecule is CCOc1ccc(Br)cc1/C=N/NC(=O)C(O)(c1ccccc1)c1ccccc1. The van der Waals surface area contributed by atoms with Gasteiger partial charge in [0.25, 0.3) is 5.91 Å². The summed E-state index contributed by atoms with van der Waals surface area (Å²) >= 11 is 3.42. The predicted molar refractivity (Wildman–Crippen MR) is 117 cm³/mol. The molecular weight excluding hydrogens is 432 g/mol. The normalized spacial score (nSPS) is 11.4. The first kappa shape index (κ1) is 20.8. The van der Waals surface area contributed by atoms with Gasteiger partial charge in [0.2, 0.25) is 0 Å². The van der Waals surface area contributed by atoms with Gasteiger partial charge < -0.3 is 9.84 Å². The lowest BCUT2D eigenvalue weighted by Crippen LogP contribution is -2.43. The van der Waals surface area contributed by atoms with Crippen molar-refractivity contribution in [3.63, 3.8) is 0 Å². The Kier molecular flexibility index (Phi) is 6.80. The molecule has 6 heteroatoms. The molecule has 0 saturated heterocycles. The zero-order valence-electron chi connectivity index (χ0n) is 15.9. The topological polar surface area (TPSA) is 70.9 Å². The molecule has 29 heavy (non-hydrogen) atoms. The van der Waals surface area contributed by atoms with Gasteiger partial charge in [0.1, 0.15) is 5.75 Å². The van der Waals surface area contributed by atoms with Crippen molar-refractivity contribution in [1.29, 1.82) is 0 Å². The first-order valence-corrected chi connectivity index (χ1v) is 9.94. The fourth-order valence-corrected chi connectivity index (χ4v) is 3.31. The Hall–Kier alpha value is -2.96. The second kappa shape index (κ2) is 9.49. The molecule has 1 amide bonds. The zero-order valence-corrected chi connectivity index (χ0v) is 17.5. The van der Waals surface area contributed by atoms with Crippen LogP contribution >= 0.6 is 15.9 Å². The van der Waals surface area contributed by atoms with Crippen LogP contribution in [-0.2, 0) is 10.4 Å². The van der Waals surface area contributed by atoms with E-state index in [4.69, 9.17) is 4.74 Å². The number of hydrazone groups is 1. The number of nitrogens with one attached hydrogen (secondary N) is 1. The van der Waals surface area contributed by atoms with Crippen LogP contribution < -0.4 is 10.2 Å². The van der Waals surface area contributed by atoms with Gasteiger partial charge in [0.05, 0.1) is 12.8 Å². The third kappa shape index (κ3) is 4.72. The predicted octanol–water partition coefficient (Wildman–Crippen LogP) is 4.23. The maximum absolute atomic E-state index is 13.0. The quantitative estimate of drug-likeness (QED) is 0.416. The van der Waals surface area contributed by atoms with Gasteiger partial charge in [-0.1, -0.05) is 76.6 Å². The monoisotopic (exact) mass is 452 g/mol. The Bertz CT molecular complexity index is 952. The van der Waals surface area contributed by atoms with Gasteiger partial charge >= 0.3 is 0 Å². The first-order valence-electron chi connectivity index (χ1n) is 9.15. The lowest BCUT2D eigenvalue weighted by atomic mass is 9.85. The van der Waals surface area contributed by atoms with Gasteiger partial charge in [-0.3, -0.25) is 4.79 Å². The molecule has 0 spiro atoms. The minimum Gasteiger partial charge on any atom is -0.493 e. The summed E-state index contributed by atoms with van der Waals surface area (Å²) in [6.07, 6.45) is 1.49. The van der Waals surface area contributed by atoms with E-state index in [0.29, 0.717) is 29.0 Å². The first-order chi connectivity index (χ1) is 14.1. The molecule has 3 aromatic carbocycles. The Morgan fingerprint density at radius 3 is 2.21 bits per heavy atom. The molecule has 0 bridgehead atoms. The van der Waals surface area contributed by atoms with Crippen LogP contribution in [0.4, 0.5) is 0 Å². The number of halogens is 1. The molecule has 148 valence electrons. The minimum absolute atomic E-state index is 0.455. The number of hydrogen-bond donors (Lipinski definition) is 2. The second-order valence-electron chi connectivity index (χ2n) is 6.26. The van der Waals surface area contributed by atoms with Crippen LogP contribution in [0.3, 0.4) is 0 Å². The molecule has 0 unspecified atom stereocenters. The number of carbonyl (C=O) groups is 1. The highest BCUT2D eigenvalue weighted by atomic mass is 79.9. The molecule has 3 aromatic rings. The highest BCUT2D eigenvalue weighted by molar-refractivity contribution is 9.10. The van der Waals surface area contributed by atoms with Crippen molar-refractivity contribution < 1.29 is 14.6 Å². The third-order valence-corrected chi connectivity index (χ3v) is 4.85. The lowest BCUT2D eigenvalue weighted by molar-refractivity contribution is -0.136. The van der Waals surface area contributed by atoms with Crippen molar-refractivity contribution in [2.75, 3.05) is 6.61 Å². The minimum atomic E-state index is -1.88. The number of carbonyl (C=O) groups excluding carboxylic acids is 1. The maximum atomic E-state index is 13.0. The van der Waals surface area contributed by atoms with E-state index < -0.39 is 11.5 Å². The van der Waals surface area contributed by atoms with Crippen LogP contribution in [-0.4, -0.2) is 23.8 Å². The highest BCUT2D eigenvalue weighted by Gasteiger charge is 2.39. The molecule has 5 nitrogen and oxygen atoms in total. The van der Waals surface area contributed by atoms with Crippen molar-refractivity contribution in [1.82, 2.24) is 5.43 Å². The molecule has 0 fully saturated rings. The van der Waals surface area contributed by atoms with E-state index in [2.05, 4.69) is 26.5 Å². The summed E-state index contributed by atoms with van der Waals surface area (Å²) in [6, 6.07) is 23.1. The molecule has 0 aromatic heterocycles. The van der Waals surface area contributed by atoms with E-state index in [9.17, 15) is 9.90 Å². The number of rotatable bonds is 7. The standard InChI is InChI=1S/C23H21BrN2O3/c1-2-29-21-14-13-20(24)15-17(21)16-25-26-22(27)23(28,18-9-5-3-6-10-18)19-11-7-4-8-12-19/h3-16,28H,2H2,1H3,(H,26,27)/b25-16+. The van der Waals surface area contributed by atoms with Crippen LogP contribution in [0.1, 0.15) is 23.6 Å². The molecule has 0 saturated carbocycles. The molecular formula is C23H21BrN2O3. The van der Waals surface area contributed by atoms with Crippen molar-refractivity contribution in [3.05, 3.63) is 100 Å². The van der Waals surface area contributed by atoms with Gasteiger partial charge in [0.15, 0.2) is 5.60 Å². The van der Waals surface area contributed by atoms with Gasteiger partial charge in [-0.25, -0.2) is 5.43 Å². The van der Waals surface area contributed by atoms with Crippen LogP contribution in [0.25, 0.3) is 0 Å². The average molecular weight is 453 g/mol. The van der Waals surface area contributed by atoms with Crippen molar-refractivity contribution in [2.45, 2.75) is 12.5 Å². The zero-order chi connectivity index (χ0) is 20.7. The van der Waals surface area contributed by atoms with Crippen LogP contribution in [0.2, 0.25) is 0 Å². The molecule has 0 radical (unpaired) electrons. The maximum Gasteiger partial charge on any atom is 0.281 e. The summed E-state index contributed by atoms with van der Waals surface area (Å²) in [5, 5.41) is 15.4. The van der Waals surface area contributed by atoms with Gasteiger partial charge in [-0.05, 0) is 36.2 Å². The Balaban J connectivity index is 1.89.